The van der Waals surface area contributed by atoms with Crippen LogP contribution in [0.1, 0.15) is 37.1 Å². The molecule has 1 fully saturated rings. The monoisotopic (exact) mass is 372 g/mol. The van der Waals surface area contributed by atoms with E-state index >= 15 is 0 Å². The standard InChI is InChI=1S/C20H21FN2O2S/c1-2-3-10-18(24)22-16-8-4-6-14(11-16)20-23(19(25)13-26-20)17-9-5-7-15(21)12-17/h4-9,11-12,20H,2-3,10,13H2,1H3,(H,22,24). The van der Waals surface area contributed by atoms with Crippen molar-refractivity contribution in [3.63, 3.8) is 0 Å². The molecule has 0 spiro atoms. The largest absolute Gasteiger partial charge is 0.326 e. The first-order chi connectivity index (χ1) is 12.6. The molecule has 1 atom stereocenters. The van der Waals surface area contributed by atoms with Crippen LogP contribution in [0.15, 0.2) is 48.5 Å². The highest BCUT2D eigenvalue weighted by molar-refractivity contribution is 8.00. The molecule has 0 aliphatic carbocycles. The number of benzene rings is 2. The number of hydrogen-bond acceptors (Lipinski definition) is 3. The Balaban J connectivity index is 1.82. The molecule has 0 saturated carbocycles. The molecule has 0 radical (unpaired) electrons. The van der Waals surface area contributed by atoms with Gasteiger partial charge < -0.3 is 5.32 Å². The molecular formula is C20H21FN2O2S. The molecule has 2 amide bonds. The maximum atomic E-state index is 13.6. The molecule has 1 saturated heterocycles. The van der Waals surface area contributed by atoms with Crippen LogP contribution in [0.25, 0.3) is 0 Å². The fourth-order valence-corrected chi connectivity index (χ4v) is 4.07. The summed E-state index contributed by atoms with van der Waals surface area (Å²) in [5.74, 6) is -0.0964. The van der Waals surface area contributed by atoms with Gasteiger partial charge in [-0.15, -0.1) is 11.8 Å². The van der Waals surface area contributed by atoms with E-state index in [-0.39, 0.29) is 23.0 Å². The molecule has 1 aliphatic rings. The fraction of sp³-hybridized carbons (Fsp3) is 0.300. The lowest BCUT2D eigenvalue weighted by molar-refractivity contribution is -0.117. The van der Waals surface area contributed by atoms with E-state index in [1.54, 1.807) is 17.0 Å². The minimum Gasteiger partial charge on any atom is -0.326 e. The number of carbonyl (C=O) groups is 2. The van der Waals surface area contributed by atoms with Crippen LogP contribution in [-0.2, 0) is 9.59 Å². The van der Waals surface area contributed by atoms with Crippen LogP contribution in [0.4, 0.5) is 15.8 Å². The number of nitrogens with one attached hydrogen (secondary N) is 1. The van der Waals surface area contributed by atoms with Gasteiger partial charge in [-0.05, 0) is 42.3 Å². The van der Waals surface area contributed by atoms with Crippen molar-refractivity contribution in [2.24, 2.45) is 0 Å². The van der Waals surface area contributed by atoms with Gasteiger partial charge in [-0.25, -0.2) is 4.39 Å². The number of carbonyl (C=O) groups excluding carboxylic acids is 2. The van der Waals surface area contributed by atoms with Crippen LogP contribution in [-0.4, -0.2) is 17.6 Å². The van der Waals surface area contributed by atoms with Crippen molar-refractivity contribution in [1.82, 2.24) is 0 Å². The Labute approximate surface area is 156 Å². The van der Waals surface area contributed by atoms with Gasteiger partial charge in [0.2, 0.25) is 11.8 Å². The second-order valence-corrected chi connectivity index (χ2v) is 7.25. The second kappa shape index (κ2) is 8.36. The Kier molecular flexibility index (Phi) is 5.93. The maximum Gasteiger partial charge on any atom is 0.238 e. The Hall–Kier alpha value is -2.34. The van der Waals surface area contributed by atoms with Crippen LogP contribution >= 0.6 is 11.8 Å². The van der Waals surface area contributed by atoms with Crippen molar-refractivity contribution in [2.75, 3.05) is 16.0 Å². The van der Waals surface area contributed by atoms with E-state index < -0.39 is 0 Å². The van der Waals surface area contributed by atoms with E-state index in [2.05, 4.69) is 5.32 Å². The van der Waals surface area contributed by atoms with E-state index in [0.29, 0.717) is 23.5 Å². The zero-order valence-corrected chi connectivity index (χ0v) is 15.4. The number of halogens is 1. The first-order valence-electron chi connectivity index (χ1n) is 8.67. The molecule has 2 aromatic carbocycles. The highest BCUT2D eigenvalue weighted by Crippen LogP contribution is 2.42. The molecule has 1 N–H and O–H groups in total. The quantitative estimate of drug-likeness (QED) is 0.797. The predicted octanol–water partition coefficient (Wildman–Crippen LogP) is 4.73. The highest BCUT2D eigenvalue weighted by Gasteiger charge is 2.34. The molecule has 6 heteroatoms. The van der Waals surface area contributed by atoms with Crippen molar-refractivity contribution in [2.45, 2.75) is 31.6 Å². The van der Waals surface area contributed by atoms with Gasteiger partial charge in [-0.3, -0.25) is 14.5 Å². The van der Waals surface area contributed by atoms with Gasteiger partial charge in [0, 0.05) is 17.8 Å². The predicted molar refractivity (Wildman–Crippen MR) is 104 cm³/mol. The number of unbranched alkanes of at least 4 members (excludes halogenated alkanes) is 1. The third-order valence-corrected chi connectivity index (χ3v) is 5.38. The number of rotatable bonds is 6. The molecule has 1 unspecified atom stereocenters. The van der Waals surface area contributed by atoms with Gasteiger partial charge >= 0.3 is 0 Å². The molecule has 1 heterocycles. The lowest BCUT2D eigenvalue weighted by Gasteiger charge is -2.24. The van der Waals surface area contributed by atoms with Crippen molar-refractivity contribution >= 4 is 35.0 Å². The lowest BCUT2D eigenvalue weighted by atomic mass is 10.1. The van der Waals surface area contributed by atoms with Gasteiger partial charge in [0.25, 0.3) is 0 Å². The van der Waals surface area contributed by atoms with E-state index in [1.165, 1.54) is 23.9 Å². The fourth-order valence-electron chi connectivity index (χ4n) is 2.91. The first-order valence-corrected chi connectivity index (χ1v) is 9.72. The second-order valence-electron chi connectivity index (χ2n) is 6.18. The van der Waals surface area contributed by atoms with Crippen molar-refractivity contribution in [1.29, 1.82) is 0 Å². The van der Waals surface area contributed by atoms with Crippen LogP contribution in [0.3, 0.4) is 0 Å². The lowest BCUT2D eigenvalue weighted by Crippen LogP contribution is -2.27. The van der Waals surface area contributed by atoms with Crippen LogP contribution in [0, 0.1) is 5.82 Å². The summed E-state index contributed by atoms with van der Waals surface area (Å²) in [6.07, 6.45) is 2.32. The zero-order chi connectivity index (χ0) is 18.5. The number of hydrogen-bond donors (Lipinski definition) is 1. The molecule has 2 aromatic rings. The average Bonchev–Trinajstić information content (AvgIpc) is 3.02. The molecule has 0 aromatic heterocycles. The molecule has 3 rings (SSSR count). The molecule has 26 heavy (non-hydrogen) atoms. The topological polar surface area (TPSA) is 49.4 Å². The van der Waals surface area contributed by atoms with Gasteiger partial charge in [0.15, 0.2) is 0 Å². The van der Waals surface area contributed by atoms with Gasteiger partial charge in [0.1, 0.15) is 11.2 Å². The highest BCUT2D eigenvalue weighted by atomic mass is 32.2. The number of thioether (sulfide) groups is 1. The number of anilines is 2. The minimum atomic E-state index is -0.372. The normalized spacial score (nSPS) is 16.8. The molecule has 4 nitrogen and oxygen atoms in total. The smallest absolute Gasteiger partial charge is 0.238 e. The summed E-state index contributed by atoms with van der Waals surface area (Å²) in [6, 6.07) is 13.6. The Morgan fingerprint density at radius 3 is 2.85 bits per heavy atom. The summed E-state index contributed by atoms with van der Waals surface area (Å²) < 4.78 is 13.6. The summed E-state index contributed by atoms with van der Waals surface area (Å²) in [6.45, 7) is 2.04. The summed E-state index contributed by atoms with van der Waals surface area (Å²) in [5, 5.41) is 2.66. The minimum absolute atomic E-state index is 0.0128. The van der Waals surface area contributed by atoms with Crippen molar-refractivity contribution in [3.05, 3.63) is 59.9 Å². The van der Waals surface area contributed by atoms with Crippen molar-refractivity contribution in [3.8, 4) is 0 Å². The van der Waals surface area contributed by atoms with E-state index in [9.17, 15) is 14.0 Å². The summed E-state index contributed by atoms with van der Waals surface area (Å²) in [4.78, 5) is 25.9. The van der Waals surface area contributed by atoms with Gasteiger partial charge in [-0.2, -0.15) is 0 Å². The van der Waals surface area contributed by atoms with Crippen LogP contribution in [0.2, 0.25) is 0 Å². The molecule has 136 valence electrons. The zero-order valence-electron chi connectivity index (χ0n) is 14.6. The molecule has 0 bridgehead atoms. The SMILES string of the molecule is CCCCC(=O)Nc1cccc(C2SCC(=O)N2c2cccc(F)c2)c1. The van der Waals surface area contributed by atoms with E-state index in [1.807, 2.05) is 31.2 Å². The third-order valence-electron chi connectivity index (χ3n) is 4.17. The van der Waals surface area contributed by atoms with E-state index in [0.717, 1.165) is 18.4 Å². The number of nitrogens with zero attached hydrogens (tertiary/aromatic N) is 1. The molecule has 1 aliphatic heterocycles. The Bertz CT molecular complexity index is 812. The molecular weight excluding hydrogens is 351 g/mol. The number of amides is 2. The summed E-state index contributed by atoms with van der Waals surface area (Å²) >= 11 is 1.50. The summed E-state index contributed by atoms with van der Waals surface area (Å²) in [7, 11) is 0. The van der Waals surface area contributed by atoms with Crippen LogP contribution < -0.4 is 10.2 Å². The average molecular weight is 372 g/mol. The third kappa shape index (κ3) is 4.25. The van der Waals surface area contributed by atoms with Crippen LogP contribution in [0.5, 0.6) is 0 Å². The summed E-state index contributed by atoms with van der Waals surface area (Å²) in [5.41, 5.74) is 2.16. The van der Waals surface area contributed by atoms with Gasteiger partial charge in [0.05, 0.1) is 5.75 Å². The van der Waals surface area contributed by atoms with E-state index in [4.69, 9.17) is 0 Å². The Morgan fingerprint density at radius 2 is 2.08 bits per heavy atom. The Morgan fingerprint density at radius 1 is 1.27 bits per heavy atom. The first kappa shape index (κ1) is 18.5. The maximum absolute atomic E-state index is 13.6. The van der Waals surface area contributed by atoms with Gasteiger partial charge in [-0.1, -0.05) is 31.5 Å². The van der Waals surface area contributed by atoms with Crippen molar-refractivity contribution < 1.29 is 14.0 Å².